The Morgan fingerprint density at radius 1 is 1.38 bits per heavy atom. The summed E-state index contributed by atoms with van der Waals surface area (Å²) >= 11 is 0.121. The van der Waals surface area contributed by atoms with E-state index in [0.29, 0.717) is 6.07 Å². The van der Waals surface area contributed by atoms with E-state index >= 15 is 0 Å². The van der Waals surface area contributed by atoms with Crippen LogP contribution in [0.25, 0.3) is 0 Å². The summed E-state index contributed by atoms with van der Waals surface area (Å²) in [5.74, 6) is -2.51. The molecule has 1 aromatic heterocycles. The number of carbonyl (C=O) groups is 1. The minimum Gasteiger partial charge on any atom is -0.481 e. The van der Waals surface area contributed by atoms with Crippen molar-refractivity contribution < 1.29 is 27.5 Å². The van der Waals surface area contributed by atoms with Gasteiger partial charge in [0.15, 0.2) is 0 Å². The summed E-state index contributed by atoms with van der Waals surface area (Å²) in [5.41, 5.74) is -1.67. The van der Waals surface area contributed by atoms with Gasteiger partial charge in [0.05, 0.1) is 10.3 Å². The maximum Gasteiger partial charge on any atom is 0.425 e. The fourth-order valence-electron chi connectivity index (χ4n) is 1.03. The molecule has 0 aliphatic rings. The summed E-state index contributed by atoms with van der Waals surface area (Å²) < 4.78 is 50.0. The van der Waals surface area contributed by atoms with Crippen LogP contribution in [0.3, 0.4) is 0 Å². The van der Waals surface area contributed by atoms with E-state index in [1.165, 1.54) is 0 Å². The molecule has 7 heteroatoms. The first-order chi connectivity index (χ1) is 7.06. The van der Waals surface area contributed by atoms with Crippen LogP contribution in [0.5, 0.6) is 0 Å². The molecule has 0 spiro atoms. The molecule has 16 heavy (non-hydrogen) atoms. The number of halogens is 4. The van der Waals surface area contributed by atoms with Gasteiger partial charge in [-0.1, -0.05) is 0 Å². The summed E-state index contributed by atoms with van der Waals surface area (Å²) in [5, 5.41) is 8.79. The summed E-state index contributed by atoms with van der Waals surface area (Å²) in [6.07, 6.45) is -4.65. The molecule has 1 aromatic rings. The zero-order valence-corrected chi connectivity index (χ0v) is 9.17. The molecule has 0 aromatic carbocycles. The van der Waals surface area contributed by atoms with E-state index in [9.17, 15) is 22.4 Å². The van der Waals surface area contributed by atoms with Gasteiger partial charge in [0.1, 0.15) is 10.7 Å². The average Bonchev–Trinajstić information content (AvgIpc) is 2.46. The Labute approximate surface area is 92.5 Å². The van der Waals surface area contributed by atoms with Gasteiger partial charge in [0.2, 0.25) is 0 Å². The standard InChI is InChI=1S/C9H8F4O2S/c1-8(2,7(14)15)6-4(10)3-5(16-6)9(11,12)13/h3H,1-2H3,(H,14,15). The first-order valence-corrected chi connectivity index (χ1v) is 4.99. The molecule has 90 valence electrons. The molecular formula is C9H8F4O2S. The normalized spacial score (nSPS) is 12.9. The van der Waals surface area contributed by atoms with Crippen molar-refractivity contribution in [3.8, 4) is 0 Å². The van der Waals surface area contributed by atoms with Crippen LogP contribution in [0.4, 0.5) is 17.6 Å². The molecule has 0 atom stereocenters. The Hall–Kier alpha value is -1.11. The number of hydrogen-bond donors (Lipinski definition) is 1. The Morgan fingerprint density at radius 2 is 1.88 bits per heavy atom. The van der Waals surface area contributed by atoms with Crippen molar-refractivity contribution in [1.82, 2.24) is 0 Å². The topological polar surface area (TPSA) is 37.3 Å². The lowest BCUT2D eigenvalue weighted by molar-refractivity contribution is -0.142. The van der Waals surface area contributed by atoms with Gasteiger partial charge in [-0.3, -0.25) is 4.79 Å². The van der Waals surface area contributed by atoms with Crippen LogP contribution in [0, 0.1) is 5.82 Å². The highest BCUT2D eigenvalue weighted by molar-refractivity contribution is 7.12. The third-order valence-corrected chi connectivity index (χ3v) is 3.55. The van der Waals surface area contributed by atoms with E-state index < -0.39 is 33.1 Å². The molecule has 0 saturated heterocycles. The largest absolute Gasteiger partial charge is 0.481 e. The van der Waals surface area contributed by atoms with E-state index in [-0.39, 0.29) is 11.3 Å². The number of alkyl halides is 3. The van der Waals surface area contributed by atoms with Gasteiger partial charge in [-0.2, -0.15) is 13.2 Å². The van der Waals surface area contributed by atoms with Crippen molar-refractivity contribution in [2.45, 2.75) is 25.4 Å². The lowest BCUT2D eigenvalue weighted by atomic mass is 9.91. The minimum absolute atomic E-state index is 0.121. The SMILES string of the molecule is CC(C)(C(=O)O)c1sc(C(F)(F)F)cc1F. The van der Waals surface area contributed by atoms with Crippen LogP contribution in [0.15, 0.2) is 6.07 Å². The molecule has 0 bridgehead atoms. The minimum atomic E-state index is -4.65. The van der Waals surface area contributed by atoms with Gasteiger partial charge < -0.3 is 5.11 Å². The first kappa shape index (κ1) is 13.0. The molecule has 1 heterocycles. The second-order valence-electron chi connectivity index (χ2n) is 3.72. The number of hydrogen-bond acceptors (Lipinski definition) is 2. The molecular weight excluding hydrogens is 248 g/mol. The zero-order chi connectivity index (χ0) is 12.7. The third-order valence-electron chi connectivity index (χ3n) is 2.07. The van der Waals surface area contributed by atoms with E-state index in [4.69, 9.17) is 5.11 Å². The van der Waals surface area contributed by atoms with Gasteiger partial charge in [0.25, 0.3) is 0 Å². The fraction of sp³-hybridized carbons (Fsp3) is 0.444. The molecule has 1 rings (SSSR count). The molecule has 0 aliphatic heterocycles. The van der Waals surface area contributed by atoms with Crippen molar-refractivity contribution in [3.63, 3.8) is 0 Å². The van der Waals surface area contributed by atoms with Gasteiger partial charge in [-0.05, 0) is 19.9 Å². The number of carboxylic acids is 1. The second-order valence-corrected chi connectivity index (χ2v) is 4.77. The van der Waals surface area contributed by atoms with E-state index in [1.807, 2.05) is 0 Å². The predicted octanol–water partition coefficient (Wildman–Crippen LogP) is 3.27. The van der Waals surface area contributed by atoms with Crippen molar-refractivity contribution in [1.29, 1.82) is 0 Å². The molecule has 0 aliphatic carbocycles. The third kappa shape index (κ3) is 2.18. The lowest BCUT2D eigenvalue weighted by Crippen LogP contribution is -2.28. The highest BCUT2D eigenvalue weighted by Crippen LogP contribution is 2.40. The number of thiophene rings is 1. The maximum atomic E-state index is 13.2. The average molecular weight is 256 g/mol. The van der Waals surface area contributed by atoms with Crippen molar-refractivity contribution in [2.75, 3.05) is 0 Å². The van der Waals surface area contributed by atoms with Gasteiger partial charge >= 0.3 is 12.1 Å². The number of carboxylic acid groups (broad SMARTS) is 1. The quantitative estimate of drug-likeness (QED) is 0.824. The van der Waals surface area contributed by atoms with Crippen LogP contribution in [-0.2, 0) is 16.4 Å². The lowest BCUT2D eigenvalue weighted by Gasteiger charge is -2.17. The van der Waals surface area contributed by atoms with Crippen molar-refractivity contribution >= 4 is 17.3 Å². The fourth-order valence-corrected chi connectivity index (χ4v) is 2.03. The van der Waals surface area contributed by atoms with Crippen LogP contribution >= 0.6 is 11.3 Å². The van der Waals surface area contributed by atoms with Crippen LogP contribution in [0.2, 0.25) is 0 Å². The molecule has 1 N–H and O–H groups in total. The second kappa shape index (κ2) is 3.73. The van der Waals surface area contributed by atoms with E-state index in [2.05, 4.69) is 0 Å². The van der Waals surface area contributed by atoms with Crippen LogP contribution < -0.4 is 0 Å². The van der Waals surface area contributed by atoms with Gasteiger partial charge in [-0.15, -0.1) is 11.3 Å². The summed E-state index contributed by atoms with van der Waals surface area (Å²) in [7, 11) is 0. The molecule has 0 unspecified atom stereocenters. The monoisotopic (exact) mass is 256 g/mol. The maximum absolute atomic E-state index is 13.2. The highest BCUT2D eigenvalue weighted by Gasteiger charge is 2.40. The molecule has 2 nitrogen and oxygen atoms in total. The Kier molecular flexibility index (Phi) is 3.02. The van der Waals surface area contributed by atoms with Gasteiger partial charge in [0, 0.05) is 0 Å². The smallest absolute Gasteiger partial charge is 0.425 e. The summed E-state index contributed by atoms with van der Waals surface area (Å²) in [6, 6.07) is 0.324. The highest BCUT2D eigenvalue weighted by atomic mass is 32.1. The van der Waals surface area contributed by atoms with E-state index in [0.717, 1.165) is 13.8 Å². The van der Waals surface area contributed by atoms with Crippen LogP contribution in [0.1, 0.15) is 23.6 Å². The van der Waals surface area contributed by atoms with Gasteiger partial charge in [-0.25, -0.2) is 4.39 Å². The summed E-state index contributed by atoms with van der Waals surface area (Å²) in [4.78, 5) is 9.24. The Morgan fingerprint density at radius 3 is 2.19 bits per heavy atom. The Bertz CT molecular complexity index is 420. The van der Waals surface area contributed by atoms with Crippen molar-refractivity contribution in [3.05, 3.63) is 21.6 Å². The zero-order valence-electron chi connectivity index (χ0n) is 8.35. The first-order valence-electron chi connectivity index (χ1n) is 4.17. The molecule has 0 fully saturated rings. The van der Waals surface area contributed by atoms with Crippen molar-refractivity contribution in [2.24, 2.45) is 0 Å². The number of aliphatic carboxylic acids is 1. The predicted molar refractivity (Wildman–Crippen MR) is 49.9 cm³/mol. The molecule has 0 radical (unpaired) electrons. The molecule has 0 amide bonds. The summed E-state index contributed by atoms with van der Waals surface area (Å²) in [6.45, 7) is 2.31. The van der Waals surface area contributed by atoms with E-state index in [1.54, 1.807) is 0 Å². The van der Waals surface area contributed by atoms with Crippen LogP contribution in [-0.4, -0.2) is 11.1 Å². The molecule has 0 saturated carbocycles. The Balaban J connectivity index is 3.28. The number of rotatable bonds is 2.